The Morgan fingerprint density at radius 2 is 1.79 bits per heavy atom. The second-order valence-corrected chi connectivity index (χ2v) is 15.9. The van der Waals surface area contributed by atoms with E-state index in [0.717, 1.165) is 77.3 Å². The molecule has 2 aromatic carbocycles. The molecule has 14 nitrogen and oxygen atoms in total. The SMILES string of the molecule is Cc1cc(-c2ncnn3cc(-c4cccc(CN5CCC(c6ccc(OC7CCC(=O)NC7=O)cc6)CC5)n4)cc23)ccc1CNC(=O)c1noc(C(C)(C)C)n1. The zero-order valence-electron chi connectivity index (χ0n) is 32.5. The minimum atomic E-state index is -0.636. The van der Waals surface area contributed by atoms with Crippen molar-refractivity contribution in [2.75, 3.05) is 13.1 Å². The third-order valence-electron chi connectivity index (χ3n) is 10.6. The minimum absolute atomic E-state index is 0.0173. The van der Waals surface area contributed by atoms with Gasteiger partial charge in [-0.05, 0) is 91.9 Å². The van der Waals surface area contributed by atoms with Gasteiger partial charge < -0.3 is 14.6 Å². The lowest BCUT2D eigenvalue weighted by atomic mass is 9.89. The Morgan fingerprint density at radius 1 is 0.982 bits per heavy atom. The van der Waals surface area contributed by atoms with Crippen LogP contribution in [0.3, 0.4) is 0 Å². The average molecular weight is 768 g/mol. The molecule has 1 unspecified atom stereocenters. The van der Waals surface area contributed by atoms with Crippen molar-refractivity contribution in [3.05, 3.63) is 113 Å². The van der Waals surface area contributed by atoms with E-state index in [9.17, 15) is 14.4 Å². The van der Waals surface area contributed by atoms with Crippen LogP contribution in [0.1, 0.15) is 91.3 Å². The number of aromatic nitrogens is 6. The highest BCUT2D eigenvalue weighted by atomic mass is 16.5. The molecule has 4 aromatic heterocycles. The maximum atomic E-state index is 12.7. The number of fused-ring (bicyclic) bond motifs is 1. The number of likely N-dealkylation sites (tertiary alicyclic amines) is 1. The van der Waals surface area contributed by atoms with Crippen molar-refractivity contribution < 1.29 is 23.6 Å². The molecule has 6 aromatic rings. The lowest BCUT2D eigenvalue weighted by molar-refractivity contribution is -0.138. The third kappa shape index (κ3) is 8.46. The summed E-state index contributed by atoms with van der Waals surface area (Å²) in [5.41, 5.74) is 8.33. The van der Waals surface area contributed by atoms with Gasteiger partial charge in [-0.1, -0.05) is 56.3 Å². The van der Waals surface area contributed by atoms with Crippen LogP contribution in [0.4, 0.5) is 0 Å². The molecule has 2 saturated heterocycles. The van der Waals surface area contributed by atoms with Gasteiger partial charge in [0.2, 0.25) is 11.8 Å². The van der Waals surface area contributed by atoms with Gasteiger partial charge in [0.15, 0.2) is 6.10 Å². The number of piperidine rings is 2. The maximum Gasteiger partial charge on any atom is 0.292 e. The highest BCUT2D eigenvalue weighted by molar-refractivity contribution is 6.00. The van der Waals surface area contributed by atoms with Crippen LogP contribution in [0.15, 0.2) is 83.8 Å². The quantitative estimate of drug-likeness (QED) is 0.158. The van der Waals surface area contributed by atoms with E-state index in [2.05, 4.69) is 72.2 Å². The number of carbonyl (C=O) groups is 3. The molecular weight excluding hydrogens is 723 g/mol. The fourth-order valence-electron chi connectivity index (χ4n) is 7.36. The van der Waals surface area contributed by atoms with Gasteiger partial charge in [0.25, 0.3) is 17.6 Å². The van der Waals surface area contributed by atoms with E-state index in [1.165, 1.54) is 5.56 Å². The first-order chi connectivity index (χ1) is 27.5. The number of aryl methyl sites for hydroxylation is 1. The molecule has 3 amide bonds. The first-order valence-electron chi connectivity index (χ1n) is 19.3. The van der Waals surface area contributed by atoms with Crippen molar-refractivity contribution in [2.24, 2.45) is 0 Å². The highest BCUT2D eigenvalue weighted by Crippen LogP contribution is 2.32. The predicted octanol–water partition coefficient (Wildman–Crippen LogP) is 5.94. The van der Waals surface area contributed by atoms with Crippen molar-refractivity contribution >= 4 is 23.2 Å². The number of benzene rings is 2. The van der Waals surface area contributed by atoms with E-state index in [1.807, 2.05) is 68.7 Å². The van der Waals surface area contributed by atoms with E-state index in [1.54, 1.807) is 6.33 Å². The van der Waals surface area contributed by atoms with E-state index in [0.29, 0.717) is 36.9 Å². The number of hydrogen-bond acceptors (Lipinski definition) is 11. The first-order valence-corrected chi connectivity index (χ1v) is 19.3. The molecule has 0 bridgehead atoms. The number of pyridine rings is 1. The first kappa shape index (κ1) is 37.6. The van der Waals surface area contributed by atoms with Gasteiger partial charge in [-0.2, -0.15) is 10.1 Å². The molecule has 6 heterocycles. The molecule has 2 N–H and O–H groups in total. The molecule has 0 saturated carbocycles. The molecule has 2 fully saturated rings. The van der Waals surface area contributed by atoms with Crippen molar-refractivity contribution in [3.63, 3.8) is 0 Å². The van der Waals surface area contributed by atoms with Crippen LogP contribution in [0.25, 0.3) is 28.0 Å². The fraction of sp³-hybridized carbons (Fsp3) is 0.349. The van der Waals surface area contributed by atoms with E-state index < -0.39 is 12.0 Å². The summed E-state index contributed by atoms with van der Waals surface area (Å²) in [5.74, 6) is 0.498. The highest BCUT2D eigenvalue weighted by Gasteiger charge is 2.29. The Hall–Kier alpha value is -6.28. The van der Waals surface area contributed by atoms with E-state index >= 15 is 0 Å². The summed E-state index contributed by atoms with van der Waals surface area (Å²) in [6.45, 7) is 10.9. The Kier molecular flexibility index (Phi) is 10.4. The molecule has 2 aliphatic rings. The van der Waals surface area contributed by atoms with Crippen molar-refractivity contribution in [1.29, 1.82) is 0 Å². The number of hydrogen-bond donors (Lipinski definition) is 2. The molecule has 0 aliphatic carbocycles. The van der Waals surface area contributed by atoms with Gasteiger partial charge >= 0.3 is 0 Å². The van der Waals surface area contributed by atoms with Gasteiger partial charge in [0.1, 0.15) is 12.1 Å². The monoisotopic (exact) mass is 767 g/mol. The zero-order valence-corrected chi connectivity index (χ0v) is 32.5. The van der Waals surface area contributed by atoms with Gasteiger partial charge in [-0.15, -0.1) is 0 Å². The molecule has 1 atom stereocenters. The summed E-state index contributed by atoms with van der Waals surface area (Å²) in [4.78, 5) is 52.7. The van der Waals surface area contributed by atoms with Crippen LogP contribution in [0.5, 0.6) is 5.75 Å². The number of imide groups is 1. The molecule has 0 spiro atoms. The largest absolute Gasteiger partial charge is 0.481 e. The normalized spacial score (nSPS) is 16.8. The van der Waals surface area contributed by atoms with Crippen molar-refractivity contribution in [2.45, 2.75) is 83.9 Å². The van der Waals surface area contributed by atoms with Crippen LogP contribution in [-0.4, -0.2) is 71.5 Å². The van der Waals surface area contributed by atoms with Gasteiger partial charge in [-0.3, -0.25) is 29.6 Å². The Morgan fingerprint density at radius 3 is 2.53 bits per heavy atom. The molecule has 292 valence electrons. The molecule has 14 heteroatoms. The minimum Gasteiger partial charge on any atom is -0.481 e. The van der Waals surface area contributed by atoms with Gasteiger partial charge in [0, 0.05) is 48.7 Å². The van der Waals surface area contributed by atoms with Crippen LogP contribution in [0.2, 0.25) is 0 Å². The molecule has 0 radical (unpaired) electrons. The van der Waals surface area contributed by atoms with Crippen molar-refractivity contribution in [3.8, 4) is 28.3 Å². The number of ether oxygens (including phenoxy) is 1. The molecule has 57 heavy (non-hydrogen) atoms. The zero-order chi connectivity index (χ0) is 39.7. The van der Waals surface area contributed by atoms with Crippen LogP contribution >= 0.6 is 0 Å². The maximum absolute atomic E-state index is 12.7. The summed E-state index contributed by atoms with van der Waals surface area (Å²) in [6, 6.07) is 22.3. The number of rotatable bonds is 10. The Bertz CT molecular complexity index is 2440. The summed E-state index contributed by atoms with van der Waals surface area (Å²) >= 11 is 0. The van der Waals surface area contributed by atoms with Crippen LogP contribution < -0.4 is 15.4 Å². The summed E-state index contributed by atoms with van der Waals surface area (Å²) in [5, 5.41) is 13.6. The standard InChI is InChI=1S/C43H45N9O5/c1-26-20-29(8-9-30(26)22-44-41(55)39-49-42(57-50-39)43(2,3)4)38-35-21-31(23-52(35)46-25-45-38)34-7-5-6-32(47-34)24-51-18-16-28(17-19-51)27-10-12-33(13-11-27)56-36-14-15-37(53)48-40(36)54/h5-13,20-21,23,25,28,36H,14-19,22,24H2,1-4H3,(H,44,55)(H,48,53,54). The average Bonchev–Trinajstić information content (AvgIpc) is 3.89. The topological polar surface area (TPSA) is 170 Å². The molecular formula is C43H45N9O5. The molecule has 2 aliphatic heterocycles. The van der Waals surface area contributed by atoms with Crippen LogP contribution in [-0.2, 0) is 28.1 Å². The molecule has 8 rings (SSSR count). The van der Waals surface area contributed by atoms with E-state index in [-0.39, 0.29) is 23.1 Å². The number of amides is 3. The van der Waals surface area contributed by atoms with Gasteiger partial charge in [-0.25, -0.2) is 9.50 Å². The number of nitrogens with one attached hydrogen (secondary N) is 2. The second kappa shape index (κ2) is 15.7. The number of nitrogens with zero attached hydrogens (tertiary/aromatic N) is 7. The summed E-state index contributed by atoms with van der Waals surface area (Å²) < 4.78 is 13.0. The second-order valence-electron chi connectivity index (χ2n) is 15.9. The summed E-state index contributed by atoms with van der Waals surface area (Å²) in [7, 11) is 0. The van der Waals surface area contributed by atoms with Crippen molar-refractivity contribution in [1.82, 2.24) is 45.3 Å². The van der Waals surface area contributed by atoms with Crippen LogP contribution in [0, 0.1) is 6.92 Å². The smallest absolute Gasteiger partial charge is 0.292 e. The predicted molar refractivity (Wildman–Crippen MR) is 211 cm³/mol. The fourth-order valence-corrected chi connectivity index (χ4v) is 7.36. The lowest BCUT2D eigenvalue weighted by Crippen LogP contribution is -2.46. The Labute approximate surface area is 330 Å². The van der Waals surface area contributed by atoms with Gasteiger partial charge in [0.05, 0.1) is 22.6 Å². The lowest BCUT2D eigenvalue weighted by Gasteiger charge is -2.32. The third-order valence-corrected chi connectivity index (χ3v) is 10.6. The van der Waals surface area contributed by atoms with E-state index in [4.69, 9.17) is 14.2 Å². The Balaban J connectivity index is 0.883. The summed E-state index contributed by atoms with van der Waals surface area (Å²) in [6.07, 6.45) is 5.66. The number of carbonyl (C=O) groups excluding carboxylic acids is 3.